The topological polar surface area (TPSA) is 95.1 Å². The standard InChI is InChI=1S/C13H17N5O2S/c1-18-13(15-8-16-18)21-6-5-12(19)17-11-4-3-9(20-2)7-10(11)14/h3-4,7-8H,5-6,14H2,1-2H3,(H,17,19). The average Bonchev–Trinajstić information content (AvgIpc) is 2.87. The zero-order valence-electron chi connectivity index (χ0n) is 11.9. The molecule has 2 rings (SSSR count). The van der Waals surface area contributed by atoms with Crippen LogP contribution in [0, 0.1) is 0 Å². The van der Waals surface area contributed by atoms with Gasteiger partial charge in [-0.1, -0.05) is 11.8 Å². The van der Waals surface area contributed by atoms with Gasteiger partial charge >= 0.3 is 0 Å². The van der Waals surface area contributed by atoms with Gasteiger partial charge in [0.25, 0.3) is 0 Å². The molecule has 0 unspecified atom stereocenters. The highest BCUT2D eigenvalue weighted by Crippen LogP contribution is 2.24. The van der Waals surface area contributed by atoms with Crippen LogP contribution in [0.15, 0.2) is 29.7 Å². The highest BCUT2D eigenvalue weighted by Gasteiger charge is 2.08. The molecule has 0 saturated heterocycles. The summed E-state index contributed by atoms with van der Waals surface area (Å²) in [5.41, 5.74) is 6.91. The highest BCUT2D eigenvalue weighted by molar-refractivity contribution is 7.99. The first kappa shape index (κ1) is 15.2. The van der Waals surface area contributed by atoms with Crippen molar-refractivity contribution >= 4 is 29.0 Å². The van der Waals surface area contributed by atoms with Gasteiger partial charge in [-0.3, -0.25) is 4.79 Å². The smallest absolute Gasteiger partial charge is 0.225 e. The molecule has 1 aromatic heterocycles. The molecule has 1 amide bonds. The molecule has 2 aromatic rings. The van der Waals surface area contributed by atoms with Crippen molar-refractivity contribution in [3.8, 4) is 5.75 Å². The van der Waals surface area contributed by atoms with Gasteiger partial charge in [0.15, 0.2) is 5.16 Å². The molecular formula is C13H17N5O2S. The van der Waals surface area contributed by atoms with Crippen molar-refractivity contribution < 1.29 is 9.53 Å². The first-order chi connectivity index (χ1) is 10.1. The lowest BCUT2D eigenvalue weighted by atomic mass is 10.2. The van der Waals surface area contributed by atoms with Crippen LogP contribution in [0.1, 0.15) is 6.42 Å². The van der Waals surface area contributed by atoms with Crippen LogP contribution in [0.3, 0.4) is 0 Å². The summed E-state index contributed by atoms with van der Waals surface area (Å²) in [6, 6.07) is 5.14. The molecule has 0 saturated carbocycles. The van der Waals surface area contributed by atoms with Gasteiger partial charge in [0.2, 0.25) is 5.91 Å². The van der Waals surface area contributed by atoms with Crippen LogP contribution < -0.4 is 15.8 Å². The minimum Gasteiger partial charge on any atom is -0.497 e. The van der Waals surface area contributed by atoms with Crippen molar-refractivity contribution in [2.24, 2.45) is 7.05 Å². The molecule has 8 heteroatoms. The third-order valence-corrected chi connectivity index (χ3v) is 3.80. The first-order valence-corrected chi connectivity index (χ1v) is 7.29. The third kappa shape index (κ3) is 4.12. The lowest BCUT2D eigenvalue weighted by Crippen LogP contribution is -2.13. The molecule has 0 radical (unpaired) electrons. The largest absolute Gasteiger partial charge is 0.497 e. The number of hydrogen-bond acceptors (Lipinski definition) is 6. The van der Waals surface area contributed by atoms with E-state index in [4.69, 9.17) is 10.5 Å². The van der Waals surface area contributed by atoms with Crippen molar-refractivity contribution in [1.29, 1.82) is 0 Å². The van der Waals surface area contributed by atoms with E-state index >= 15 is 0 Å². The Morgan fingerprint density at radius 2 is 2.33 bits per heavy atom. The maximum atomic E-state index is 11.9. The van der Waals surface area contributed by atoms with E-state index in [1.54, 1.807) is 30.0 Å². The number of amides is 1. The van der Waals surface area contributed by atoms with Crippen LogP contribution >= 0.6 is 11.8 Å². The second-order valence-corrected chi connectivity index (χ2v) is 5.33. The van der Waals surface area contributed by atoms with E-state index in [-0.39, 0.29) is 5.91 Å². The van der Waals surface area contributed by atoms with Crippen LogP contribution in [0.4, 0.5) is 11.4 Å². The molecule has 0 atom stereocenters. The number of thioether (sulfide) groups is 1. The number of rotatable bonds is 6. The van der Waals surface area contributed by atoms with E-state index in [0.717, 1.165) is 5.16 Å². The number of methoxy groups -OCH3 is 1. The Hall–Kier alpha value is -2.22. The number of carbonyl (C=O) groups is 1. The fourth-order valence-electron chi connectivity index (χ4n) is 1.65. The summed E-state index contributed by atoms with van der Waals surface area (Å²) in [5.74, 6) is 1.18. The Morgan fingerprint density at radius 1 is 1.52 bits per heavy atom. The number of nitrogen functional groups attached to an aromatic ring is 1. The van der Waals surface area contributed by atoms with Crippen molar-refractivity contribution in [1.82, 2.24) is 14.8 Å². The number of anilines is 2. The molecule has 0 aliphatic carbocycles. The number of aromatic nitrogens is 3. The average molecular weight is 307 g/mol. The molecule has 7 nitrogen and oxygen atoms in total. The van der Waals surface area contributed by atoms with Gasteiger partial charge in [-0.2, -0.15) is 5.10 Å². The lowest BCUT2D eigenvalue weighted by Gasteiger charge is -2.09. The molecule has 0 bridgehead atoms. The van der Waals surface area contributed by atoms with Crippen molar-refractivity contribution in [2.45, 2.75) is 11.6 Å². The summed E-state index contributed by atoms with van der Waals surface area (Å²) < 4.78 is 6.73. The summed E-state index contributed by atoms with van der Waals surface area (Å²) in [4.78, 5) is 16.0. The first-order valence-electron chi connectivity index (χ1n) is 6.30. The van der Waals surface area contributed by atoms with Crippen molar-refractivity contribution in [3.63, 3.8) is 0 Å². The Morgan fingerprint density at radius 3 is 2.95 bits per heavy atom. The van der Waals surface area contributed by atoms with E-state index in [1.165, 1.54) is 18.1 Å². The van der Waals surface area contributed by atoms with Crippen LogP contribution in [-0.4, -0.2) is 33.5 Å². The van der Waals surface area contributed by atoms with E-state index in [9.17, 15) is 4.79 Å². The number of carbonyl (C=O) groups excluding carboxylic acids is 1. The van der Waals surface area contributed by atoms with Crippen LogP contribution in [-0.2, 0) is 11.8 Å². The van der Waals surface area contributed by atoms with E-state index in [1.807, 2.05) is 7.05 Å². The number of nitrogens with zero attached hydrogens (tertiary/aromatic N) is 3. The molecule has 112 valence electrons. The predicted molar refractivity (Wildman–Crippen MR) is 82.4 cm³/mol. The summed E-state index contributed by atoms with van der Waals surface area (Å²) in [7, 11) is 3.38. The van der Waals surface area contributed by atoms with Gasteiger partial charge in [-0.15, -0.1) is 0 Å². The van der Waals surface area contributed by atoms with E-state index in [0.29, 0.717) is 29.3 Å². The normalized spacial score (nSPS) is 10.4. The lowest BCUT2D eigenvalue weighted by molar-refractivity contribution is -0.115. The number of hydrogen-bond donors (Lipinski definition) is 2. The molecule has 1 heterocycles. The number of nitrogens with two attached hydrogens (primary N) is 1. The second-order valence-electron chi connectivity index (χ2n) is 4.27. The minimum atomic E-state index is -0.0958. The molecule has 1 aromatic carbocycles. The molecule has 0 fully saturated rings. The summed E-state index contributed by atoms with van der Waals surface area (Å²) in [6.07, 6.45) is 1.85. The van der Waals surface area contributed by atoms with Crippen LogP contribution in [0.25, 0.3) is 0 Å². The summed E-state index contributed by atoms with van der Waals surface area (Å²) in [5, 5.41) is 7.53. The SMILES string of the molecule is COc1ccc(NC(=O)CCSc2ncnn2C)c(N)c1. The molecule has 21 heavy (non-hydrogen) atoms. The maximum Gasteiger partial charge on any atom is 0.225 e. The molecule has 0 spiro atoms. The second kappa shape index (κ2) is 6.98. The Labute approximate surface area is 126 Å². The summed E-state index contributed by atoms with van der Waals surface area (Å²) in [6.45, 7) is 0. The fraction of sp³-hybridized carbons (Fsp3) is 0.308. The molecule has 3 N–H and O–H groups in total. The fourth-order valence-corrected chi connectivity index (χ4v) is 2.47. The molecule has 0 aliphatic heterocycles. The molecular weight excluding hydrogens is 290 g/mol. The monoisotopic (exact) mass is 307 g/mol. The highest BCUT2D eigenvalue weighted by atomic mass is 32.2. The molecule has 0 aliphatic rings. The summed E-state index contributed by atoms with van der Waals surface area (Å²) >= 11 is 1.48. The van der Waals surface area contributed by atoms with Crippen molar-refractivity contribution in [3.05, 3.63) is 24.5 Å². The Balaban J connectivity index is 1.83. The van der Waals surface area contributed by atoms with Gasteiger partial charge in [0.05, 0.1) is 18.5 Å². The number of nitrogens with one attached hydrogen (secondary N) is 1. The van der Waals surface area contributed by atoms with E-state index in [2.05, 4.69) is 15.4 Å². The zero-order chi connectivity index (χ0) is 15.2. The zero-order valence-corrected chi connectivity index (χ0v) is 12.7. The third-order valence-electron chi connectivity index (χ3n) is 2.76. The van der Waals surface area contributed by atoms with Crippen LogP contribution in [0.2, 0.25) is 0 Å². The minimum absolute atomic E-state index is 0.0958. The quantitative estimate of drug-likeness (QED) is 0.621. The number of aryl methyl sites for hydroxylation is 1. The maximum absolute atomic E-state index is 11.9. The Bertz CT molecular complexity index is 629. The predicted octanol–water partition coefficient (Wildman–Crippen LogP) is 1.53. The van der Waals surface area contributed by atoms with Gasteiger partial charge < -0.3 is 15.8 Å². The van der Waals surface area contributed by atoms with E-state index < -0.39 is 0 Å². The van der Waals surface area contributed by atoms with Gasteiger partial charge in [-0.25, -0.2) is 9.67 Å². The van der Waals surface area contributed by atoms with Crippen LogP contribution in [0.5, 0.6) is 5.75 Å². The number of benzene rings is 1. The van der Waals surface area contributed by atoms with Gasteiger partial charge in [-0.05, 0) is 12.1 Å². The van der Waals surface area contributed by atoms with Crippen molar-refractivity contribution in [2.75, 3.05) is 23.9 Å². The number of ether oxygens (including phenoxy) is 1. The Kier molecular flexibility index (Phi) is 5.04. The van der Waals surface area contributed by atoms with Gasteiger partial charge in [0, 0.05) is 25.3 Å². The van der Waals surface area contributed by atoms with Gasteiger partial charge in [0.1, 0.15) is 12.1 Å².